The molecule has 0 saturated heterocycles. The zero-order chi connectivity index (χ0) is 14.3. The second-order valence-corrected chi connectivity index (χ2v) is 4.81. The van der Waals surface area contributed by atoms with Gasteiger partial charge in [-0.15, -0.1) is 0 Å². The Kier molecular flexibility index (Phi) is 6.64. The largest absolute Gasteiger partial charge is 0.464 e. The van der Waals surface area contributed by atoms with Crippen LogP contribution in [0.5, 0.6) is 0 Å². The molecule has 19 heavy (non-hydrogen) atoms. The summed E-state index contributed by atoms with van der Waals surface area (Å²) in [6.07, 6.45) is -4.96. The number of furan rings is 1. The van der Waals surface area contributed by atoms with Gasteiger partial charge < -0.3 is 9.73 Å². The monoisotopic (exact) mass is 303 g/mol. The van der Waals surface area contributed by atoms with Gasteiger partial charge in [-0.05, 0) is 25.1 Å². The summed E-state index contributed by atoms with van der Waals surface area (Å²) in [6.45, 7) is 0.512. The lowest BCUT2D eigenvalue weighted by Gasteiger charge is -2.06. The fourth-order valence-electron chi connectivity index (χ4n) is 1.37. The molecule has 0 radical (unpaired) electrons. The third-order valence-electron chi connectivity index (χ3n) is 2.18. The minimum absolute atomic E-state index is 0.00169. The van der Waals surface area contributed by atoms with E-state index in [4.69, 9.17) is 4.42 Å². The minimum Gasteiger partial charge on any atom is -0.464 e. The molecule has 0 spiro atoms. The number of alkyl halides is 5. The van der Waals surface area contributed by atoms with E-state index in [0.717, 1.165) is 0 Å². The number of thioether (sulfide) groups is 1. The number of halogens is 5. The Hall–Kier alpha value is -0.760. The SMILES string of the molecule is FC(F)SCc1ccc(CNCCCC(F)(F)F)o1. The molecule has 0 atom stereocenters. The second-order valence-electron chi connectivity index (χ2n) is 3.84. The van der Waals surface area contributed by atoms with Crippen LogP contribution in [0.15, 0.2) is 16.5 Å². The molecule has 1 N–H and O–H groups in total. The molecule has 1 aromatic heterocycles. The van der Waals surface area contributed by atoms with E-state index in [1.807, 2.05) is 0 Å². The minimum atomic E-state index is -4.13. The van der Waals surface area contributed by atoms with E-state index in [0.29, 0.717) is 23.3 Å². The number of hydrogen-bond acceptors (Lipinski definition) is 3. The Morgan fingerprint density at radius 2 is 1.89 bits per heavy atom. The van der Waals surface area contributed by atoms with Gasteiger partial charge in [0.1, 0.15) is 11.5 Å². The van der Waals surface area contributed by atoms with Crippen LogP contribution in [0, 0.1) is 0 Å². The molecule has 0 unspecified atom stereocenters. The predicted molar refractivity (Wildman–Crippen MR) is 63.0 cm³/mol. The van der Waals surface area contributed by atoms with Crippen LogP contribution in [0.3, 0.4) is 0 Å². The van der Waals surface area contributed by atoms with E-state index >= 15 is 0 Å². The summed E-state index contributed by atoms with van der Waals surface area (Å²) in [5.74, 6) is -1.42. The lowest BCUT2D eigenvalue weighted by Crippen LogP contribution is -2.17. The first-order chi connectivity index (χ1) is 8.87. The molecule has 0 fully saturated rings. The highest BCUT2D eigenvalue weighted by Gasteiger charge is 2.25. The molecule has 0 amide bonds. The van der Waals surface area contributed by atoms with Crippen molar-refractivity contribution in [3.8, 4) is 0 Å². The predicted octanol–water partition coefficient (Wildman–Crippen LogP) is 4.17. The normalized spacial score (nSPS) is 12.3. The third kappa shape index (κ3) is 8.10. The highest BCUT2D eigenvalue weighted by atomic mass is 32.2. The molecule has 0 aliphatic carbocycles. The van der Waals surface area contributed by atoms with Crippen LogP contribution in [0.25, 0.3) is 0 Å². The first kappa shape index (κ1) is 16.3. The molecule has 8 heteroatoms. The van der Waals surface area contributed by atoms with Gasteiger partial charge in [-0.25, -0.2) is 0 Å². The first-order valence-electron chi connectivity index (χ1n) is 5.61. The van der Waals surface area contributed by atoms with Crippen molar-refractivity contribution in [2.75, 3.05) is 6.54 Å². The topological polar surface area (TPSA) is 25.2 Å². The van der Waals surface area contributed by atoms with Gasteiger partial charge in [-0.3, -0.25) is 0 Å². The maximum atomic E-state index is 11.9. The zero-order valence-electron chi connectivity index (χ0n) is 9.97. The van der Waals surface area contributed by atoms with Crippen molar-refractivity contribution in [2.45, 2.75) is 37.1 Å². The Balaban J connectivity index is 2.16. The van der Waals surface area contributed by atoms with Crippen molar-refractivity contribution in [3.63, 3.8) is 0 Å². The van der Waals surface area contributed by atoms with Gasteiger partial charge in [0, 0.05) is 6.42 Å². The maximum absolute atomic E-state index is 11.9. The fourth-order valence-corrected chi connectivity index (χ4v) is 1.81. The Morgan fingerprint density at radius 1 is 1.21 bits per heavy atom. The van der Waals surface area contributed by atoms with E-state index in [9.17, 15) is 22.0 Å². The smallest absolute Gasteiger partial charge is 0.389 e. The van der Waals surface area contributed by atoms with Crippen molar-refractivity contribution in [2.24, 2.45) is 0 Å². The fraction of sp³-hybridized carbons (Fsp3) is 0.636. The number of hydrogen-bond donors (Lipinski definition) is 1. The van der Waals surface area contributed by atoms with Crippen LogP contribution in [-0.4, -0.2) is 18.5 Å². The summed E-state index contributed by atoms with van der Waals surface area (Å²) in [7, 11) is 0. The zero-order valence-corrected chi connectivity index (χ0v) is 10.8. The van der Waals surface area contributed by atoms with Crippen LogP contribution in [-0.2, 0) is 12.3 Å². The summed E-state index contributed by atoms with van der Waals surface area (Å²) in [5, 5.41) is 2.80. The van der Waals surface area contributed by atoms with Crippen LogP contribution >= 0.6 is 11.8 Å². The molecule has 0 aliphatic rings. The Labute approximate surface area is 111 Å². The Bertz CT molecular complexity index is 366. The van der Waals surface area contributed by atoms with Crippen molar-refractivity contribution < 1.29 is 26.4 Å². The quantitative estimate of drug-likeness (QED) is 0.576. The van der Waals surface area contributed by atoms with Gasteiger partial charge in [-0.1, -0.05) is 11.8 Å². The number of rotatable bonds is 8. The van der Waals surface area contributed by atoms with E-state index in [1.165, 1.54) is 0 Å². The molecular formula is C11H14F5NOS. The van der Waals surface area contributed by atoms with Gasteiger partial charge in [0.05, 0.1) is 12.3 Å². The lowest BCUT2D eigenvalue weighted by atomic mass is 10.3. The van der Waals surface area contributed by atoms with Gasteiger partial charge in [-0.2, -0.15) is 22.0 Å². The standard InChI is InChI=1S/C11H14F5NOS/c12-10(13)19-7-9-3-2-8(18-9)6-17-5-1-4-11(14,15)16/h2-3,10,17H,1,4-7H2. The molecule has 0 saturated carbocycles. The van der Waals surface area contributed by atoms with E-state index < -0.39 is 18.4 Å². The summed E-state index contributed by atoms with van der Waals surface area (Å²) in [6, 6.07) is 3.21. The highest BCUT2D eigenvalue weighted by Crippen LogP contribution is 2.22. The summed E-state index contributed by atoms with van der Waals surface area (Å²) in [5.41, 5.74) is 0. The molecule has 1 rings (SSSR count). The molecule has 110 valence electrons. The molecule has 1 aromatic rings. The molecule has 0 bridgehead atoms. The average Bonchev–Trinajstić information content (AvgIpc) is 2.72. The van der Waals surface area contributed by atoms with Crippen molar-refractivity contribution in [3.05, 3.63) is 23.7 Å². The van der Waals surface area contributed by atoms with E-state index in [2.05, 4.69) is 5.32 Å². The van der Waals surface area contributed by atoms with Gasteiger partial charge in [0.15, 0.2) is 0 Å². The van der Waals surface area contributed by atoms with Crippen molar-refractivity contribution in [1.29, 1.82) is 0 Å². The Morgan fingerprint density at radius 3 is 2.53 bits per heavy atom. The van der Waals surface area contributed by atoms with Crippen LogP contribution in [0.4, 0.5) is 22.0 Å². The summed E-state index contributed by atoms with van der Waals surface area (Å²) >= 11 is 0.460. The molecule has 2 nitrogen and oxygen atoms in total. The van der Waals surface area contributed by atoms with E-state index in [1.54, 1.807) is 12.1 Å². The molecular weight excluding hydrogens is 289 g/mol. The van der Waals surface area contributed by atoms with E-state index in [-0.39, 0.29) is 25.3 Å². The van der Waals surface area contributed by atoms with Gasteiger partial charge >= 0.3 is 6.18 Å². The summed E-state index contributed by atoms with van der Waals surface area (Å²) in [4.78, 5) is 0. The number of nitrogens with one attached hydrogen (secondary N) is 1. The summed E-state index contributed by atoms with van der Waals surface area (Å²) < 4.78 is 64.6. The lowest BCUT2D eigenvalue weighted by molar-refractivity contribution is -0.135. The van der Waals surface area contributed by atoms with Gasteiger partial charge in [0.25, 0.3) is 5.76 Å². The van der Waals surface area contributed by atoms with Gasteiger partial charge in [0.2, 0.25) is 0 Å². The molecule has 0 aliphatic heterocycles. The van der Waals surface area contributed by atoms with Crippen molar-refractivity contribution in [1.82, 2.24) is 5.32 Å². The average molecular weight is 303 g/mol. The van der Waals surface area contributed by atoms with Crippen LogP contribution < -0.4 is 5.32 Å². The van der Waals surface area contributed by atoms with Crippen LogP contribution in [0.2, 0.25) is 0 Å². The molecule has 1 heterocycles. The molecule has 0 aromatic carbocycles. The highest BCUT2D eigenvalue weighted by molar-refractivity contribution is 7.98. The maximum Gasteiger partial charge on any atom is 0.389 e. The third-order valence-corrected chi connectivity index (χ3v) is 2.89. The van der Waals surface area contributed by atoms with Crippen molar-refractivity contribution >= 4 is 11.8 Å². The first-order valence-corrected chi connectivity index (χ1v) is 6.66. The van der Waals surface area contributed by atoms with Crippen LogP contribution in [0.1, 0.15) is 24.4 Å². The second kappa shape index (κ2) is 7.74.